The summed E-state index contributed by atoms with van der Waals surface area (Å²) >= 11 is 0. The van der Waals surface area contributed by atoms with Crippen LogP contribution >= 0.6 is 0 Å². The van der Waals surface area contributed by atoms with Crippen molar-refractivity contribution in [3.05, 3.63) is 47.3 Å². The van der Waals surface area contributed by atoms with Crippen molar-refractivity contribution in [2.24, 2.45) is 0 Å². The van der Waals surface area contributed by atoms with Crippen LogP contribution in [-0.4, -0.2) is 22.6 Å². The van der Waals surface area contributed by atoms with Crippen LogP contribution in [0.15, 0.2) is 30.5 Å². The molecule has 21 heavy (non-hydrogen) atoms. The molecule has 0 unspecified atom stereocenters. The van der Waals surface area contributed by atoms with Gasteiger partial charge in [0.15, 0.2) is 0 Å². The first kappa shape index (κ1) is 14.6. The number of nitrogens with zero attached hydrogens (tertiary/aromatic N) is 1. The molecule has 0 saturated heterocycles. The Kier molecular flexibility index (Phi) is 4.59. The number of anilines is 1. The van der Waals surface area contributed by atoms with Gasteiger partial charge in [-0.15, -0.1) is 0 Å². The number of carbonyl (C=O) groups is 1. The van der Waals surface area contributed by atoms with E-state index >= 15 is 0 Å². The first-order chi connectivity index (χ1) is 10.2. The van der Waals surface area contributed by atoms with Crippen LogP contribution in [0.2, 0.25) is 0 Å². The van der Waals surface area contributed by atoms with Crippen molar-refractivity contribution in [2.45, 2.75) is 13.5 Å². The molecular weight excluding hydrogens is 270 g/mol. The lowest BCUT2D eigenvalue weighted by molar-refractivity contribution is 0.102. The number of benzene rings is 1. The molecule has 0 atom stereocenters. The number of hydrogen-bond donors (Lipinski definition) is 3. The molecule has 3 N–H and O–H groups in total. The maximum Gasteiger partial charge on any atom is 0.257 e. The second-order valence-electron chi connectivity index (χ2n) is 4.28. The van der Waals surface area contributed by atoms with E-state index in [2.05, 4.69) is 10.3 Å². The Hall–Kier alpha value is -2.78. The Morgan fingerprint density at radius 2 is 2.29 bits per heavy atom. The normalized spacial score (nSPS) is 9.95. The van der Waals surface area contributed by atoms with Crippen LogP contribution in [0.4, 0.5) is 5.69 Å². The van der Waals surface area contributed by atoms with Crippen LogP contribution in [0, 0.1) is 11.3 Å². The number of nitriles is 1. The van der Waals surface area contributed by atoms with Crippen LogP contribution < -0.4 is 10.1 Å². The van der Waals surface area contributed by atoms with Crippen LogP contribution in [0.25, 0.3) is 0 Å². The summed E-state index contributed by atoms with van der Waals surface area (Å²) in [5.41, 5.74) is 1.84. The Balaban J connectivity index is 2.15. The summed E-state index contributed by atoms with van der Waals surface area (Å²) in [5.74, 6) is 0.257. The number of aromatic amines is 1. The molecule has 2 aromatic rings. The lowest BCUT2D eigenvalue weighted by Crippen LogP contribution is -2.11. The lowest BCUT2D eigenvalue weighted by atomic mass is 10.1. The first-order valence-electron chi connectivity index (χ1n) is 6.44. The van der Waals surface area contributed by atoms with Crippen LogP contribution in [0.5, 0.6) is 5.75 Å². The van der Waals surface area contributed by atoms with E-state index in [1.807, 2.05) is 13.0 Å². The van der Waals surface area contributed by atoms with Crippen LogP contribution in [0.1, 0.15) is 28.5 Å². The number of nitrogens with one attached hydrogen (secondary N) is 2. The van der Waals surface area contributed by atoms with Gasteiger partial charge in [0.1, 0.15) is 17.5 Å². The molecule has 0 aliphatic rings. The Bertz CT molecular complexity index is 686. The fourth-order valence-corrected chi connectivity index (χ4v) is 1.87. The molecule has 1 aromatic carbocycles. The summed E-state index contributed by atoms with van der Waals surface area (Å²) in [6.07, 6.45) is 1.47. The van der Waals surface area contributed by atoms with E-state index in [0.717, 1.165) is 0 Å². The van der Waals surface area contributed by atoms with Gasteiger partial charge in [0, 0.05) is 17.4 Å². The zero-order valence-electron chi connectivity index (χ0n) is 11.5. The number of carbonyl (C=O) groups excluding carboxylic acids is 1. The topological polar surface area (TPSA) is 98.1 Å². The van der Waals surface area contributed by atoms with Crippen molar-refractivity contribution < 1.29 is 14.6 Å². The zero-order valence-corrected chi connectivity index (χ0v) is 11.5. The fraction of sp³-hybridized carbons (Fsp3) is 0.200. The minimum Gasteiger partial charge on any atom is -0.494 e. The van der Waals surface area contributed by atoms with Gasteiger partial charge in [-0.2, -0.15) is 5.26 Å². The Morgan fingerprint density at radius 1 is 1.48 bits per heavy atom. The van der Waals surface area contributed by atoms with E-state index in [0.29, 0.717) is 34.9 Å². The highest BCUT2D eigenvalue weighted by Gasteiger charge is 2.10. The van der Waals surface area contributed by atoms with Gasteiger partial charge in [0.25, 0.3) is 5.91 Å². The smallest absolute Gasteiger partial charge is 0.257 e. The molecule has 2 rings (SSSR count). The molecule has 1 amide bonds. The molecule has 0 fully saturated rings. The molecule has 0 saturated carbocycles. The Morgan fingerprint density at radius 3 is 2.90 bits per heavy atom. The van der Waals surface area contributed by atoms with Gasteiger partial charge in [-0.05, 0) is 31.2 Å². The zero-order chi connectivity index (χ0) is 15.2. The Labute approximate surface area is 122 Å². The maximum absolute atomic E-state index is 12.0. The third-order valence-electron chi connectivity index (χ3n) is 2.85. The minimum atomic E-state index is -0.333. The largest absolute Gasteiger partial charge is 0.494 e. The summed E-state index contributed by atoms with van der Waals surface area (Å²) in [7, 11) is 0. The first-order valence-corrected chi connectivity index (χ1v) is 6.44. The molecule has 108 valence electrons. The molecular formula is C15H15N3O3. The summed E-state index contributed by atoms with van der Waals surface area (Å²) in [6, 6.07) is 8.43. The van der Waals surface area contributed by atoms with Crippen molar-refractivity contribution in [1.29, 1.82) is 5.26 Å². The number of ether oxygens (including phenoxy) is 1. The highest BCUT2D eigenvalue weighted by atomic mass is 16.5. The van der Waals surface area contributed by atoms with Gasteiger partial charge in [-0.3, -0.25) is 4.79 Å². The van der Waals surface area contributed by atoms with Gasteiger partial charge in [0.05, 0.1) is 18.8 Å². The van der Waals surface area contributed by atoms with Crippen LogP contribution in [0.3, 0.4) is 0 Å². The van der Waals surface area contributed by atoms with Crippen molar-refractivity contribution in [3.8, 4) is 11.8 Å². The average molecular weight is 285 g/mol. The summed E-state index contributed by atoms with van der Waals surface area (Å²) < 4.78 is 5.38. The van der Waals surface area contributed by atoms with Crippen molar-refractivity contribution in [1.82, 2.24) is 4.98 Å². The van der Waals surface area contributed by atoms with Crippen LogP contribution in [-0.2, 0) is 6.61 Å². The third-order valence-corrected chi connectivity index (χ3v) is 2.85. The van der Waals surface area contributed by atoms with Gasteiger partial charge in [-0.25, -0.2) is 0 Å². The number of rotatable bonds is 5. The lowest BCUT2D eigenvalue weighted by Gasteiger charge is -2.11. The molecule has 0 bridgehead atoms. The fourth-order valence-electron chi connectivity index (χ4n) is 1.87. The quantitative estimate of drug-likeness (QED) is 0.782. The highest BCUT2D eigenvalue weighted by molar-refractivity contribution is 6.04. The third kappa shape index (κ3) is 3.41. The number of amides is 1. The average Bonchev–Trinajstić information content (AvgIpc) is 2.98. The molecule has 1 aromatic heterocycles. The molecule has 0 aliphatic heterocycles. The second kappa shape index (κ2) is 6.59. The van der Waals surface area contributed by atoms with Gasteiger partial charge in [-0.1, -0.05) is 0 Å². The van der Waals surface area contributed by atoms with Crippen molar-refractivity contribution in [3.63, 3.8) is 0 Å². The summed E-state index contributed by atoms with van der Waals surface area (Å²) in [4.78, 5) is 14.7. The maximum atomic E-state index is 12.0. The SMILES string of the molecule is CCOc1ccc(NC(=O)c2c[nH]c(C#N)c2)cc1CO. The van der Waals surface area contributed by atoms with Gasteiger partial charge in [0.2, 0.25) is 0 Å². The number of aliphatic hydroxyl groups excluding tert-OH is 1. The molecule has 0 spiro atoms. The van der Waals surface area contributed by atoms with E-state index in [1.165, 1.54) is 12.3 Å². The minimum absolute atomic E-state index is 0.179. The highest BCUT2D eigenvalue weighted by Crippen LogP contribution is 2.23. The second-order valence-corrected chi connectivity index (χ2v) is 4.28. The van der Waals surface area contributed by atoms with Crippen molar-refractivity contribution >= 4 is 11.6 Å². The van der Waals surface area contributed by atoms with Crippen molar-refractivity contribution in [2.75, 3.05) is 11.9 Å². The van der Waals surface area contributed by atoms with Gasteiger partial charge < -0.3 is 20.1 Å². The van der Waals surface area contributed by atoms with E-state index in [-0.39, 0.29) is 12.5 Å². The van der Waals surface area contributed by atoms with E-state index in [9.17, 15) is 9.90 Å². The number of aromatic nitrogens is 1. The summed E-state index contributed by atoms with van der Waals surface area (Å²) in [6.45, 7) is 2.18. The number of hydrogen-bond acceptors (Lipinski definition) is 4. The standard InChI is InChI=1S/C15H15N3O3/c1-2-21-14-4-3-12(6-11(14)9-19)18-15(20)10-5-13(7-16)17-8-10/h3-6,8,17,19H,2,9H2,1H3,(H,18,20). The monoisotopic (exact) mass is 285 g/mol. The number of aliphatic hydroxyl groups is 1. The van der Waals surface area contributed by atoms with E-state index in [4.69, 9.17) is 10.00 Å². The molecule has 1 heterocycles. The van der Waals surface area contributed by atoms with Gasteiger partial charge >= 0.3 is 0 Å². The number of H-pyrrole nitrogens is 1. The van der Waals surface area contributed by atoms with E-state index in [1.54, 1.807) is 18.2 Å². The predicted molar refractivity (Wildman–Crippen MR) is 77.0 cm³/mol. The molecule has 0 aliphatic carbocycles. The summed E-state index contributed by atoms with van der Waals surface area (Å²) in [5, 5.41) is 20.7. The predicted octanol–water partition coefficient (Wildman–Crippen LogP) is 2.03. The molecule has 0 radical (unpaired) electrons. The molecule has 6 heteroatoms. The molecule has 6 nitrogen and oxygen atoms in total. The van der Waals surface area contributed by atoms with E-state index < -0.39 is 0 Å².